The fourth-order valence-electron chi connectivity index (χ4n) is 2.69. The molecule has 1 heterocycles. The molecule has 0 aliphatic carbocycles. The molecule has 2 amide bonds. The van der Waals surface area contributed by atoms with Crippen LogP contribution in [0.25, 0.3) is 0 Å². The standard InChI is InChI=1S/C19H12F6N2O4/c20-10-2-1-3-14(16(10)26-13-8-15(29)27(4-5-28)18(13)30)31-17-11(21)6-9(7-12(17)22)19(23,24)25/h1-3,6-8,26,28H,4-5H2. The number of anilines is 1. The highest BCUT2D eigenvalue weighted by molar-refractivity contribution is 6.17. The largest absolute Gasteiger partial charge is 0.449 e. The van der Waals surface area contributed by atoms with E-state index in [1.54, 1.807) is 0 Å². The minimum atomic E-state index is -5.01. The minimum absolute atomic E-state index is 0.0132. The van der Waals surface area contributed by atoms with Gasteiger partial charge in [-0.1, -0.05) is 6.07 Å². The first-order valence-electron chi connectivity index (χ1n) is 8.51. The van der Waals surface area contributed by atoms with Crippen LogP contribution < -0.4 is 10.1 Å². The number of amides is 2. The van der Waals surface area contributed by atoms with Crippen molar-refractivity contribution in [2.75, 3.05) is 18.5 Å². The third-order valence-corrected chi connectivity index (χ3v) is 4.11. The number of nitrogens with one attached hydrogen (secondary N) is 1. The molecule has 2 N–H and O–H groups in total. The van der Waals surface area contributed by atoms with Crippen LogP contribution >= 0.6 is 0 Å². The van der Waals surface area contributed by atoms with Crippen LogP contribution in [-0.4, -0.2) is 35.0 Å². The predicted octanol–water partition coefficient (Wildman–Crippen LogP) is 3.57. The van der Waals surface area contributed by atoms with E-state index in [1.165, 1.54) is 0 Å². The van der Waals surface area contributed by atoms with Crippen molar-refractivity contribution in [1.82, 2.24) is 4.90 Å². The molecule has 0 aromatic heterocycles. The summed E-state index contributed by atoms with van der Waals surface area (Å²) < 4.78 is 85.6. The number of β-amino-alcohol motifs (C(OH)–C–C–N with tert-alkyl or cyclic N) is 1. The summed E-state index contributed by atoms with van der Waals surface area (Å²) in [4.78, 5) is 24.7. The minimum Gasteiger partial charge on any atom is -0.449 e. The first-order chi connectivity index (χ1) is 14.5. The lowest BCUT2D eigenvalue weighted by molar-refractivity contribution is -0.138. The maximum Gasteiger partial charge on any atom is 0.416 e. The Balaban J connectivity index is 1.94. The van der Waals surface area contributed by atoms with Crippen LogP contribution in [0.15, 0.2) is 42.1 Å². The molecule has 0 spiro atoms. The highest BCUT2D eigenvalue weighted by atomic mass is 19.4. The van der Waals surface area contributed by atoms with Crippen molar-refractivity contribution < 1.29 is 45.8 Å². The van der Waals surface area contributed by atoms with Crippen molar-refractivity contribution in [3.63, 3.8) is 0 Å². The molecule has 0 radical (unpaired) electrons. The summed E-state index contributed by atoms with van der Waals surface area (Å²) in [7, 11) is 0. The Labute approximate surface area is 170 Å². The van der Waals surface area contributed by atoms with Gasteiger partial charge in [0.1, 0.15) is 17.2 Å². The molecule has 6 nitrogen and oxygen atoms in total. The average molecular weight is 446 g/mol. The lowest BCUT2D eigenvalue weighted by atomic mass is 10.2. The number of para-hydroxylation sites is 1. The number of hydrogen-bond acceptors (Lipinski definition) is 5. The smallest absolute Gasteiger partial charge is 0.416 e. The Kier molecular flexibility index (Phi) is 5.93. The Morgan fingerprint density at radius 2 is 1.68 bits per heavy atom. The van der Waals surface area contributed by atoms with Crippen LogP contribution in [0.5, 0.6) is 11.5 Å². The van der Waals surface area contributed by atoms with Gasteiger partial charge in [0.05, 0.1) is 18.7 Å². The monoisotopic (exact) mass is 446 g/mol. The number of aliphatic hydroxyl groups is 1. The third kappa shape index (κ3) is 4.48. The second kappa shape index (κ2) is 8.30. The maximum absolute atomic E-state index is 14.3. The van der Waals surface area contributed by atoms with Crippen LogP contribution in [0.3, 0.4) is 0 Å². The Hall–Kier alpha value is -3.54. The van der Waals surface area contributed by atoms with Gasteiger partial charge in [-0.3, -0.25) is 14.5 Å². The fourth-order valence-corrected chi connectivity index (χ4v) is 2.69. The van der Waals surface area contributed by atoms with Crippen LogP contribution in [0.2, 0.25) is 0 Å². The van der Waals surface area contributed by atoms with E-state index in [9.17, 15) is 35.9 Å². The van der Waals surface area contributed by atoms with Crippen LogP contribution in [-0.2, 0) is 15.8 Å². The molecule has 1 aliphatic rings. The highest BCUT2D eigenvalue weighted by Crippen LogP contribution is 2.38. The predicted molar refractivity (Wildman–Crippen MR) is 93.3 cm³/mol. The molecule has 12 heteroatoms. The Morgan fingerprint density at radius 3 is 2.26 bits per heavy atom. The van der Waals surface area contributed by atoms with Gasteiger partial charge in [-0.25, -0.2) is 13.2 Å². The second-order valence-corrected chi connectivity index (χ2v) is 6.18. The van der Waals surface area contributed by atoms with Gasteiger partial charge in [0.2, 0.25) is 0 Å². The topological polar surface area (TPSA) is 78.9 Å². The van der Waals surface area contributed by atoms with Crippen molar-refractivity contribution in [3.8, 4) is 11.5 Å². The number of ether oxygens (including phenoxy) is 1. The van der Waals surface area contributed by atoms with E-state index in [1.807, 2.05) is 0 Å². The summed E-state index contributed by atoms with van der Waals surface area (Å²) in [5, 5.41) is 11.2. The molecule has 1 aliphatic heterocycles. The molecule has 0 unspecified atom stereocenters. The van der Waals surface area contributed by atoms with E-state index in [0.717, 1.165) is 24.3 Å². The first kappa shape index (κ1) is 22.2. The number of halogens is 6. The number of rotatable bonds is 6. The number of imide groups is 1. The molecule has 0 saturated heterocycles. The van der Waals surface area contributed by atoms with E-state index < -0.39 is 70.5 Å². The molecule has 2 aromatic rings. The van der Waals surface area contributed by atoms with Crippen molar-refractivity contribution in [2.24, 2.45) is 0 Å². The van der Waals surface area contributed by atoms with Crippen molar-refractivity contribution in [1.29, 1.82) is 0 Å². The second-order valence-electron chi connectivity index (χ2n) is 6.18. The van der Waals surface area contributed by atoms with Crippen LogP contribution in [0, 0.1) is 17.5 Å². The molecule has 0 fully saturated rings. The quantitative estimate of drug-likeness (QED) is 0.524. The number of nitrogens with zero attached hydrogens (tertiary/aromatic N) is 1. The Bertz CT molecular complexity index is 1060. The number of carbonyl (C=O) groups is 2. The van der Waals surface area contributed by atoms with Gasteiger partial charge in [0.25, 0.3) is 11.8 Å². The molecule has 0 atom stereocenters. The zero-order chi connectivity index (χ0) is 22.9. The first-order valence-corrected chi connectivity index (χ1v) is 8.51. The van der Waals surface area contributed by atoms with E-state index in [0.29, 0.717) is 4.90 Å². The molecule has 3 rings (SSSR count). The molecular weight excluding hydrogens is 434 g/mol. The van der Waals surface area contributed by atoms with E-state index in [2.05, 4.69) is 5.32 Å². The van der Waals surface area contributed by atoms with Gasteiger partial charge in [-0.2, -0.15) is 13.2 Å². The number of hydrogen-bond donors (Lipinski definition) is 2. The average Bonchev–Trinajstić information content (AvgIpc) is 2.94. The van der Waals surface area contributed by atoms with Gasteiger partial charge >= 0.3 is 6.18 Å². The number of alkyl halides is 3. The van der Waals surface area contributed by atoms with E-state index in [-0.39, 0.29) is 18.7 Å². The Morgan fingerprint density at radius 1 is 1.03 bits per heavy atom. The number of carbonyl (C=O) groups excluding carboxylic acids is 2. The SMILES string of the molecule is O=C1C=C(Nc2c(F)cccc2Oc2c(F)cc(C(F)(F)F)cc2F)C(=O)N1CCO. The maximum atomic E-state index is 14.3. The lowest BCUT2D eigenvalue weighted by Gasteiger charge is -2.17. The van der Waals surface area contributed by atoms with Gasteiger partial charge in [-0.15, -0.1) is 0 Å². The van der Waals surface area contributed by atoms with Crippen LogP contribution in [0.4, 0.5) is 32.0 Å². The molecule has 31 heavy (non-hydrogen) atoms. The van der Waals surface area contributed by atoms with Gasteiger partial charge in [0, 0.05) is 6.08 Å². The summed E-state index contributed by atoms with van der Waals surface area (Å²) in [5.41, 5.74) is -2.60. The van der Waals surface area contributed by atoms with E-state index >= 15 is 0 Å². The molecule has 0 bridgehead atoms. The third-order valence-electron chi connectivity index (χ3n) is 4.11. The van der Waals surface area contributed by atoms with Gasteiger partial charge < -0.3 is 15.2 Å². The van der Waals surface area contributed by atoms with Gasteiger partial charge in [-0.05, 0) is 24.3 Å². The zero-order valence-corrected chi connectivity index (χ0v) is 15.3. The van der Waals surface area contributed by atoms with Gasteiger partial charge in [0.15, 0.2) is 23.1 Å². The van der Waals surface area contributed by atoms with Crippen LogP contribution in [0.1, 0.15) is 5.56 Å². The summed E-state index contributed by atoms with van der Waals surface area (Å²) in [6, 6.07) is 3.06. The highest BCUT2D eigenvalue weighted by Gasteiger charge is 2.34. The van der Waals surface area contributed by atoms with E-state index in [4.69, 9.17) is 9.84 Å². The zero-order valence-electron chi connectivity index (χ0n) is 15.3. The summed E-state index contributed by atoms with van der Waals surface area (Å²) in [5.74, 6) is -7.93. The fraction of sp³-hybridized carbons (Fsp3) is 0.158. The molecule has 0 saturated carbocycles. The van der Waals surface area contributed by atoms with Crippen molar-refractivity contribution in [2.45, 2.75) is 6.18 Å². The summed E-state index contributed by atoms with van der Waals surface area (Å²) in [6.07, 6.45) is -4.19. The van der Waals surface area contributed by atoms with Crippen molar-refractivity contribution >= 4 is 17.5 Å². The van der Waals surface area contributed by atoms with Crippen molar-refractivity contribution in [3.05, 3.63) is 65.1 Å². The molecule has 164 valence electrons. The number of aliphatic hydroxyl groups excluding tert-OH is 1. The summed E-state index contributed by atoms with van der Waals surface area (Å²) in [6.45, 7) is -0.832. The lowest BCUT2D eigenvalue weighted by Crippen LogP contribution is -2.34. The summed E-state index contributed by atoms with van der Waals surface area (Å²) >= 11 is 0. The molecular formula is C19H12F6N2O4. The number of benzene rings is 2. The molecule has 2 aromatic carbocycles. The normalized spacial score (nSPS) is 14.2.